The molecule has 2 fully saturated rings. The maximum atomic E-state index is 17.5. The minimum atomic E-state index is -2.96. The molecule has 2 saturated heterocycles. The number of halogens is 3. The second kappa shape index (κ2) is 13.2. The van der Waals surface area contributed by atoms with E-state index < -0.39 is 36.0 Å². The van der Waals surface area contributed by atoms with Gasteiger partial charge in [0.25, 0.3) is 6.43 Å². The Morgan fingerprint density at radius 2 is 1.82 bits per heavy atom. The van der Waals surface area contributed by atoms with Gasteiger partial charge in [-0.05, 0) is 42.8 Å². The predicted molar refractivity (Wildman–Crippen MR) is 188 cm³/mol. The number of amides is 1. The lowest BCUT2D eigenvalue weighted by Gasteiger charge is -2.41. The average Bonchev–Trinajstić information content (AvgIpc) is 3.71. The molecule has 2 aliphatic rings. The standard InChI is InChI=1S/C38H39F3N6O4/c1-21-19-46(23(3)49)14-13-38(21,41)29-16-25(24-9-8-10-26(15-24)45(4)5)18-42-37(29)50-27-17-30(22(2)48)47(20-27)36-33-32(43-35(44-36)34(39)40)28-11-6-7-12-31(28)51-33/h6-12,15-16,18,21,27,30,34H,13-14,17,19-20H2,1-5H3/t21-,27-,30-,38+/m0/s1. The third kappa shape index (κ3) is 6.23. The maximum absolute atomic E-state index is 17.5. The van der Waals surface area contributed by atoms with Crippen LogP contribution < -0.4 is 14.5 Å². The fourth-order valence-electron chi connectivity index (χ4n) is 7.31. The summed E-state index contributed by atoms with van der Waals surface area (Å²) in [4.78, 5) is 43.5. The van der Waals surface area contributed by atoms with E-state index in [2.05, 4.69) is 15.0 Å². The highest BCUT2D eigenvalue weighted by atomic mass is 19.3. The molecule has 1 amide bonds. The molecule has 0 N–H and O–H groups in total. The van der Waals surface area contributed by atoms with Crippen molar-refractivity contribution in [2.75, 3.05) is 43.5 Å². The average molecular weight is 701 g/mol. The number of ketones is 1. The minimum Gasteiger partial charge on any atom is -0.472 e. The summed E-state index contributed by atoms with van der Waals surface area (Å²) in [5.74, 6) is -1.46. The monoisotopic (exact) mass is 700 g/mol. The molecule has 4 atom stereocenters. The van der Waals surface area contributed by atoms with Crippen LogP contribution in [0, 0.1) is 5.92 Å². The Morgan fingerprint density at radius 3 is 2.53 bits per heavy atom. The number of anilines is 2. The largest absolute Gasteiger partial charge is 0.472 e. The number of furan rings is 1. The Morgan fingerprint density at radius 1 is 1.04 bits per heavy atom. The van der Waals surface area contributed by atoms with Gasteiger partial charge < -0.3 is 23.9 Å². The first-order valence-electron chi connectivity index (χ1n) is 17.0. The zero-order valence-electron chi connectivity index (χ0n) is 29.1. The number of Topliss-reactive ketones (excluding diaryl/α,β-unsaturated/α-hetero) is 1. The normalized spacial score (nSPS) is 22.3. The summed E-state index contributed by atoms with van der Waals surface area (Å²) in [5, 5.41) is 0.549. The number of alkyl halides is 3. The third-order valence-electron chi connectivity index (χ3n) is 10.2. The number of carbonyl (C=O) groups is 2. The van der Waals surface area contributed by atoms with Crippen molar-refractivity contribution in [3.63, 3.8) is 0 Å². The second-order valence-corrected chi connectivity index (χ2v) is 13.7. The molecular weight excluding hydrogens is 661 g/mol. The highest BCUT2D eigenvalue weighted by molar-refractivity contribution is 6.06. The van der Waals surface area contributed by atoms with Crippen molar-refractivity contribution < 1.29 is 31.9 Å². The van der Waals surface area contributed by atoms with Crippen LogP contribution in [0.15, 0.2) is 65.2 Å². The van der Waals surface area contributed by atoms with Gasteiger partial charge in [-0.3, -0.25) is 9.59 Å². The lowest BCUT2D eigenvalue weighted by atomic mass is 9.78. The van der Waals surface area contributed by atoms with Gasteiger partial charge >= 0.3 is 0 Å². The molecule has 3 aromatic heterocycles. The van der Waals surface area contributed by atoms with Crippen molar-refractivity contribution in [2.45, 2.75) is 57.9 Å². The Labute approximate surface area is 293 Å². The van der Waals surface area contributed by atoms with Gasteiger partial charge in [-0.25, -0.2) is 28.1 Å². The van der Waals surface area contributed by atoms with Crippen LogP contribution in [0.25, 0.3) is 33.2 Å². The molecule has 10 nitrogen and oxygen atoms in total. The highest BCUT2D eigenvalue weighted by Gasteiger charge is 2.47. The van der Waals surface area contributed by atoms with Crippen LogP contribution in [-0.4, -0.2) is 77.4 Å². The van der Waals surface area contributed by atoms with Crippen molar-refractivity contribution in [3.8, 4) is 17.0 Å². The first kappa shape index (κ1) is 34.3. The molecule has 0 bridgehead atoms. The number of fused-ring (bicyclic) bond motifs is 3. The number of pyridine rings is 1. The van der Waals surface area contributed by atoms with E-state index >= 15 is 4.39 Å². The number of rotatable bonds is 8. The SMILES string of the molecule is CC(=O)[C@@H]1C[C@H](Oc2ncc(-c3cccc(N(C)C)c3)cc2[C@@]2(F)CCN(C(C)=O)C[C@@H]2C)CN1c1nc(C(F)F)nc2c1oc1ccccc12. The van der Waals surface area contributed by atoms with Gasteiger partial charge in [0.15, 0.2) is 23.0 Å². The van der Waals surface area contributed by atoms with Crippen molar-refractivity contribution in [2.24, 2.45) is 5.92 Å². The fraction of sp³-hybridized carbons (Fsp3) is 0.395. The van der Waals surface area contributed by atoms with Gasteiger partial charge in [0.05, 0.1) is 18.2 Å². The van der Waals surface area contributed by atoms with Crippen LogP contribution in [0.2, 0.25) is 0 Å². The summed E-state index contributed by atoms with van der Waals surface area (Å²) in [5.41, 5.74) is 1.73. The Hall–Kier alpha value is -5.20. The summed E-state index contributed by atoms with van der Waals surface area (Å²) in [6, 6.07) is 15.8. The van der Waals surface area contributed by atoms with Gasteiger partial charge in [-0.15, -0.1) is 0 Å². The molecule has 2 aromatic carbocycles. The lowest BCUT2D eigenvalue weighted by Crippen LogP contribution is -2.48. The summed E-state index contributed by atoms with van der Waals surface area (Å²) < 4.78 is 58.3. The highest BCUT2D eigenvalue weighted by Crippen LogP contribution is 2.46. The number of hydrogen-bond acceptors (Lipinski definition) is 9. The zero-order chi connectivity index (χ0) is 36.2. The molecule has 0 unspecified atom stereocenters. The van der Waals surface area contributed by atoms with Gasteiger partial charge in [0.2, 0.25) is 11.8 Å². The number of aromatic nitrogens is 3. The van der Waals surface area contributed by atoms with Crippen LogP contribution >= 0.6 is 0 Å². The van der Waals surface area contributed by atoms with E-state index in [0.717, 1.165) is 11.3 Å². The van der Waals surface area contributed by atoms with Crippen LogP contribution in [0.4, 0.5) is 24.7 Å². The lowest BCUT2D eigenvalue weighted by molar-refractivity contribution is -0.133. The van der Waals surface area contributed by atoms with Crippen LogP contribution in [-0.2, 0) is 15.3 Å². The molecule has 266 valence electrons. The van der Waals surface area contributed by atoms with E-state index in [-0.39, 0.29) is 72.5 Å². The van der Waals surface area contributed by atoms with Crippen molar-refractivity contribution in [1.29, 1.82) is 0 Å². The number of ether oxygens (including phenoxy) is 1. The number of para-hydroxylation sites is 1. The van der Waals surface area contributed by atoms with Gasteiger partial charge in [0, 0.05) is 75.7 Å². The number of nitrogens with zero attached hydrogens (tertiary/aromatic N) is 6. The number of piperidine rings is 1. The van der Waals surface area contributed by atoms with E-state index in [1.54, 1.807) is 53.3 Å². The quantitative estimate of drug-likeness (QED) is 0.168. The molecule has 5 aromatic rings. The smallest absolute Gasteiger partial charge is 0.297 e. The summed E-state index contributed by atoms with van der Waals surface area (Å²) in [6.45, 7) is 5.19. The molecular formula is C38H39F3N6O4. The Kier molecular flexibility index (Phi) is 8.84. The second-order valence-electron chi connectivity index (χ2n) is 13.7. The first-order chi connectivity index (χ1) is 24.3. The molecule has 51 heavy (non-hydrogen) atoms. The Balaban J connectivity index is 1.28. The molecule has 2 aliphatic heterocycles. The maximum Gasteiger partial charge on any atom is 0.297 e. The summed E-state index contributed by atoms with van der Waals surface area (Å²) in [6.07, 6.45) is -1.80. The van der Waals surface area contributed by atoms with Crippen molar-refractivity contribution in [3.05, 3.63) is 72.2 Å². The number of likely N-dealkylation sites (tertiary alicyclic amines) is 1. The van der Waals surface area contributed by atoms with E-state index in [4.69, 9.17) is 9.15 Å². The molecule has 7 rings (SSSR count). The van der Waals surface area contributed by atoms with Gasteiger partial charge in [0.1, 0.15) is 22.9 Å². The topological polar surface area (TPSA) is 105 Å². The van der Waals surface area contributed by atoms with E-state index in [1.165, 1.54) is 13.8 Å². The third-order valence-corrected chi connectivity index (χ3v) is 10.2. The fourth-order valence-corrected chi connectivity index (χ4v) is 7.31. The van der Waals surface area contributed by atoms with Crippen molar-refractivity contribution in [1.82, 2.24) is 19.9 Å². The minimum absolute atomic E-state index is 0.0429. The van der Waals surface area contributed by atoms with E-state index in [1.807, 2.05) is 43.3 Å². The van der Waals surface area contributed by atoms with Gasteiger partial charge in [-0.1, -0.05) is 31.2 Å². The predicted octanol–water partition coefficient (Wildman–Crippen LogP) is 7.11. The summed E-state index contributed by atoms with van der Waals surface area (Å²) in [7, 11) is 3.88. The van der Waals surface area contributed by atoms with E-state index in [0.29, 0.717) is 16.5 Å². The number of hydrogen-bond donors (Lipinski definition) is 0. The zero-order valence-corrected chi connectivity index (χ0v) is 29.1. The van der Waals surface area contributed by atoms with Gasteiger partial charge in [-0.2, -0.15) is 0 Å². The molecule has 0 aliphatic carbocycles. The molecule has 0 saturated carbocycles. The molecule has 13 heteroatoms. The van der Waals surface area contributed by atoms with E-state index in [9.17, 15) is 18.4 Å². The number of benzene rings is 2. The first-order valence-corrected chi connectivity index (χ1v) is 17.0. The van der Waals surface area contributed by atoms with Crippen LogP contribution in [0.5, 0.6) is 5.88 Å². The summed E-state index contributed by atoms with van der Waals surface area (Å²) >= 11 is 0. The van der Waals surface area contributed by atoms with Crippen LogP contribution in [0.3, 0.4) is 0 Å². The Bertz CT molecular complexity index is 2140. The number of carbonyl (C=O) groups excluding carboxylic acids is 2. The molecule has 0 spiro atoms. The molecule has 0 radical (unpaired) electrons. The van der Waals surface area contributed by atoms with Crippen LogP contribution in [0.1, 0.15) is 51.4 Å². The molecule has 5 heterocycles. The van der Waals surface area contributed by atoms with Crippen molar-refractivity contribution >= 4 is 45.3 Å².